The molecular formula is C63H86N6O15. The highest BCUT2D eigenvalue weighted by Gasteiger charge is 2.43. The van der Waals surface area contributed by atoms with Gasteiger partial charge in [0.15, 0.2) is 18.1 Å². The molecule has 5 atom stereocenters. The topological polar surface area (TPSA) is 246 Å². The number of ketones is 1. The predicted octanol–water partition coefficient (Wildman–Crippen LogP) is 5.60. The minimum absolute atomic E-state index is 0.0841. The number of esters is 2. The first kappa shape index (κ1) is 67.0. The molecule has 1 fully saturated rings. The van der Waals surface area contributed by atoms with Crippen LogP contribution >= 0.6 is 0 Å². The average molecular weight is 1170 g/mol. The highest BCUT2D eigenvalue weighted by molar-refractivity contribution is 6.38. The van der Waals surface area contributed by atoms with Gasteiger partial charge in [-0.2, -0.15) is 0 Å². The Hall–Kier alpha value is -7.81. The molecule has 21 heteroatoms. The fourth-order valence-corrected chi connectivity index (χ4v) is 9.58. The zero-order valence-electron chi connectivity index (χ0n) is 50.9. The Kier molecular flexibility index (Phi) is 24.9. The molecule has 21 nitrogen and oxygen atoms in total. The van der Waals surface area contributed by atoms with Crippen molar-refractivity contribution in [2.24, 2.45) is 11.3 Å². The van der Waals surface area contributed by atoms with Crippen LogP contribution in [-0.4, -0.2) is 177 Å². The molecule has 3 aromatic rings. The lowest BCUT2D eigenvalue weighted by Crippen LogP contribution is -2.59. The van der Waals surface area contributed by atoms with E-state index in [1.165, 1.54) is 62.9 Å². The Bertz CT molecular complexity index is 2810. The molecular weight excluding hydrogens is 1080 g/mol. The van der Waals surface area contributed by atoms with Gasteiger partial charge in [0, 0.05) is 46.7 Å². The minimum atomic E-state index is -1.50. The molecule has 2 heterocycles. The van der Waals surface area contributed by atoms with Crippen LogP contribution in [0.1, 0.15) is 110 Å². The molecule has 6 amide bonds. The summed E-state index contributed by atoms with van der Waals surface area (Å²) in [6.45, 7) is 10.6. The van der Waals surface area contributed by atoms with Crippen LogP contribution < -0.4 is 24.8 Å². The maximum atomic E-state index is 14.6. The first-order valence-electron chi connectivity index (χ1n) is 28.6. The molecule has 5 rings (SSSR count). The van der Waals surface area contributed by atoms with Crippen molar-refractivity contribution in [2.45, 2.75) is 136 Å². The van der Waals surface area contributed by atoms with Crippen LogP contribution in [0.15, 0.2) is 84.9 Å². The van der Waals surface area contributed by atoms with Crippen LogP contribution in [0.25, 0.3) is 0 Å². The smallest absolute Gasteiger partial charge is 0.330 e. The molecule has 0 aliphatic carbocycles. The van der Waals surface area contributed by atoms with Gasteiger partial charge in [-0.05, 0) is 126 Å². The van der Waals surface area contributed by atoms with Crippen LogP contribution in [0.2, 0.25) is 0 Å². The SMILES string of the molecule is COc1ccc(CC[C@H]2OC(=O)[C@@H]3CCCCN3C(=O)C(=O)C(C)(C)COC(=O)/C=C\CCN(C)C(=O)[C@H](Cc3ccccc3)NC(=O)[C@H](COC(C)(C)C)N(C)C(=O)[C@@H](CC(C)C)NC(=O)CN(C)C(=O)COc3cccc2c3)cc1OC. The van der Waals surface area contributed by atoms with E-state index in [0.29, 0.717) is 36.3 Å². The summed E-state index contributed by atoms with van der Waals surface area (Å²) < 4.78 is 34.9. The second-order valence-corrected chi connectivity index (χ2v) is 23.4. The van der Waals surface area contributed by atoms with E-state index in [-0.39, 0.29) is 63.5 Å². The molecule has 2 bridgehead atoms. The number of nitrogens with one attached hydrogen (secondary N) is 2. The van der Waals surface area contributed by atoms with Crippen molar-refractivity contribution >= 4 is 53.2 Å². The second kappa shape index (κ2) is 31.2. The zero-order chi connectivity index (χ0) is 61.9. The lowest BCUT2D eigenvalue weighted by molar-refractivity contribution is -0.165. The highest BCUT2D eigenvalue weighted by Crippen LogP contribution is 2.33. The van der Waals surface area contributed by atoms with Gasteiger partial charge in [0.05, 0.1) is 38.4 Å². The number of Topliss-reactive ketones (excluding diaryl/α,β-unsaturated/α-hetero) is 1. The monoisotopic (exact) mass is 1170 g/mol. The van der Waals surface area contributed by atoms with E-state index in [2.05, 4.69) is 10.6 Å². The Morgan fingerprint density at radius 1 is 0.762 bits per heavy atom. The Labute approximate surface area is 494 Å². The number of carbonyl (C=O) groups is 9. The van der Waals surface area contributed by atoms with Crippen LogP contribution in [0.4, 0.5) is 0 Å². The Balaban J connectivity index is 1.48. The molecule has 0 aromatic heterocycles. The molecule has 84 heavy (non-hydrogen) atoms. The first-order chi connectivity index (χ1) is 39.7. The van der Waals surface area contributed by atoms with Crippen molar-refractivity contribution in [3.05, 3.63) is 102 Å². The van der Waals surface area contributed by atoms with E-state index >= 15 is 0 Å². The molecule has 0 saturated carbocycles. The van der Waals surface area contributed by atoms with E-state index < -0.39 is 114 Å². The van der Waals surface area contributed by atoms with Gasteiger partial charge in [-0.3, -0.25) is 33.6 Å². The van der Waals surface area contributed by atoms with Gasteiger partial charge >= 0.3 is 11.9 Å². The number of rotatable bonds is 11. The summed E-state index contributed by atoms with van der Waals surface area (Å²) in [5.41, 5.74) is -0.174. The number of likely N-dealkylation sites (N-methyl/N-ethyl adjacent to an activating group) is 3. The fourth-order valence-electron chi connectivity index (χ4n) is 9.58. The lowest BCUT2D eigenvalue weighted by Gasteiger charge is -2.36. The molecule has 1 saturated heterocycles. The lowest BCUT2D eigenvalue weighted by atomic mass is 9.87. The average Bonchev–Trinajstić information content (AvgIpc) is 3.57. The molecule has 0 unspecified atom stereocenters. The molecule has 3 aromatic carbocycles. The number of hydrogen-bond donors (Lipinski definition) is 2. The number of fused-ring (bicyclic) bond motifs is 3. The predicted molar refractivity (Wildman–Crippen MR) is 312 cm³/mol. The molecule has 0 radical (unpaired) electrons. The highest BCUT2D eigenvalue weighted by atomic mass is 16.5. The summed E-state index contributed by atoms with van der Waals surface area (Å²) in [5, 5.41) is 5.68. The molecule has 458 valence electrons. The number of ether oxygens (including phenoxy) is 6. The van der Waals surface area contributed by atoms with Gasteiger partial charge in [-0.25, -0.2) is 9.59 Å². The zero-order valence-corrected chi connectivity index (χ0v) is 50.9. The van der Waals surface area contributed by atoms with E-state index in [1.54, 1.807) is 70.3 Å². The van der Waals surface area contributed by atoms with Crippen LogP contribution in [0.3, 0.4) is 0 Å². The number of amides is 6. The molecule has 2 N–H and O–H groups in total. The number of benzene rings is 3. The normalized spacial score (nSPS) is 22.4. The summed E-state index contributed by atoms with van der Waals surface area (Å²) in [6.07, 6.45) is 4.12. The second-order valence-electron chi connectivity index (χ2n) is 23.4. The number of hydrogen-bond acceptors (Lipinski definition) is 15. The molecule has 0 spiro atoms. The van der Waals surface area contributed by atoms with Gasteiger partial charge in [-0.15, -0.1) is 0 Å². The Morgan fingerprint density at radius 3 is 2.15 bits per heavy atom. The number of piperidine rings is 1. The summed E-state index contributed by atoms with van der Waals surface area (Å²) in [6, 6.07) is 16.5. The minimum Gasteiger partial charge on any atom is -0.493 e. The van der Waals surface area contributed by atoms with Crippen LogP contribution in [0.5, 0.6) is 17.2 Å². The number of carbonyl (C=O) groups excluding carboxylic acids is 9. The summed E-state index contributed by atoms with van der Waals surface area (Å²) in [7, 11) is 7.45. The third-order valence-electron chi connectivity index (χ3n) is 14.5. The quantitative estimate of drug-likeness (QED) is 0.175. The Morgan fingerprint density at radius 2 is 1.48 bits per heavy atom. The third-order valence-corrected chi connectivity index (χ3v) is 14.5. The van der Waals surface area contributed by atoms with Gasteiger partial charge in [0.25, 0.3) is 11.8 Å². The standard InChI is InChI=1S/C63H86N6O15/c1-41(2)33-46-59(76)68(10)49(38-83-62(3,4)5)57(74)65-47(34-42-21-14-13-15-22-42)58(75)66(8)31-18-17-26-55(72)82-40-63(6,7)56(73)60(77)69-32-19-16-25-48(69)61(78)84-50(29-27-43-28-30-51(79-11)52(35-43)80-12)44-23-20-24-45(36-44)81-39-54(71)67(9)37-53(70)64-46/h13-15,17,20-24,26,28,30,35-36,41,46-50H,16,18-19,25,27,29,31-34,37-40H2,1-12H3,(H,64,70)(H,65,74)/b26-17-/t46-,47+,48+,49+,50-/m1/s1. The summed E-state index contributed by atoms with van der Waals surface area (Å²) in [4.78, 5) is 132. The van der Waals surface area contributed by atoms with Gasteiger partial charge in [-0.1, -0.05) is 68.5 Å². The van der Waals surface area contributed by atoms with Crippen molar-refractivity contribution in [2.75, 3.05) is 74.8 Å². The van der Waals surface area contributed by atoms with Gasteiger partial charge < -0.3 is 58.7 Å². The van der Waals surface area contributed by atoms with Crippen molar-refractivity contribution in [3.8, 4) is 17.2 Å². The van der Waals surface area contributed by atoms with Crippen molar-refractivity contribution in [3.63, 3.8) is 0 Å². The van der Waals surface area contributed by atoms with Crippen molar-refractivity contribution in [1.82, 2.24) is 30.2 Å². The van der Waals surface area contributed by atoms with Crippen LogP contribution in [-0.2, 0) is 70.2 Å². The number of nitrogens with zero attached hydrogens (tertiary/aromatic N) is 4. The first-order valence-corrected chi connectivity index (χ1v) is 28.6. The van der Waals surface area contributed by atoms with Gasteiger partial charge in [0.1, 0.15) is 42.6 Å². The largest absolute Gasteiger partial charge is 0.493 e. The number of cyclic esters (lactones) is 2. The summed E-state index contributed by atoms with van der Waals surface area (Å²) >= 11 is 0. The van der Waals surface area contributed by atoms with Crippen LogP contribution in [0, 0.1) is 11.3 Å². The summed E-state index contributed by atoms with van der Waals surface area (Å²) in [5.74, 6) is -5.16. The number of methoxy groups -OCH3 is 2. The van der Waals surface area contributed by atoms with E-state index in [1.807, 2.05) is 44.2 Å². The maximum absolute atomic E-state index is 14.6. The van der Waals surface area contributed by atoms with E-state index in [4.69, 9.17) is 28.4 Å². The fraction of sp³-hybridized carbons (Fsp3) is 0.540. The van der Waals surface area contributed by atoms with Gasteiger partial charge in [0.2, 0.25) is 29.4 Å². The van der Waals surface area contributed by atoms with Crippen molar-refractivity contribution < 1.29 is 71.6 Å². The number of aryl methyl sites for hydroxylation is 1. The van der Waals surface area contributed by atoms with E-state index in [9.17, 15) is 43.2 Å². The van der Waals surface area contributed by atoms with E-state index in [0.717, 1.165) is 22.1 Å². The maximum Gasteiger partial charge on any atom is 0.330 e. The van der Waals surface area contributed by atoms with Crippen molar-refractivity contribution in [1.29, 1.82) is 0 Å². The third kappa shape index (κ3) is 19.9. The molecule has 2 aliphatic heterocycles. The molecule has 2 aliphatic rings.